The molecule has 2 N–H and O–H groups in total. The molecule has 1 fully saturated rings. The van der Waals surface area contributed by atoms with Crippen molar-refractivity contribution in [1.82, 2.24) is 10.6 Å². The fourth-order valence-corrected chi connectivity index (χ4v) is 1.85. The smallest absolute Gasteiger partial charge is 0.410 e. The summed E-state index contributed by atoms with van der Waals surface area (Å²) in [6.07, 6.45) is 0.561. The van der Waals surface area contributed by atoms with Crippen molar-refractivity contribution < 1.29 is 9.53 Å². The number of halogens is 1. The number of carbonyl (C=O) groups is 1. The first-order valence-electron chi connectivity index (χ1n) is 5.19. The van der Waals surface area contributed by atoms with E-state index in [-0.39, 0.29) is 6.04 Å². The molecule has 0 aromatic heterocycles. The van der Waals surface area contributed by atoms with Gasteiger partial charge in [0.05, 0.1) is 0 Å². The van der Waals surface area contributed by atoms with Gasteiger partial charge in [-0.15, -0.1) is 0 Å². The lowest BCUT2D eigenvalue weighted by Crippen LogP contribution is -2.38. The third kappa shape index (κ3) is 3.21. The molecule has 0 bridgehead atoms. The number of amides is 1. The molecule has 5 heteroatoms. The summed E-state index contributed by atoms with van der Waals surface area (Å²) in [7, 11) is 0. The Balaban J connectivity index is 1.84. The molecule has 1 aromatic carbocycles. The Labute approximate surface area is 102 Å². The molecule has 4 nitrogen and oxygen atoms in total. The van der Waals surface area contributed by atoms with Gasteiger partial charge in [0.25, 0.3) is 0 Å². The average molecular weight is 285 g/mol. The monoisotopic (exact) mass is 284 g/mol. The largest absolute Gasteiger partial charge is 0.412 e. The summed E-state index contributed by atoms with van der Waals surface area (Å²) < 4.78 is 6.09. The topological polar surface area (TPSA) is 50.4 Å². The van der Waals surface area contributed by atoms with Crippen molar-refractivity contribution >= 4 is 22.0 Å². The zero-order chi connectivity index (χ0) is 11.4. The van der Waals surface area contributed by atoms with Crippen molar-refractivity contribution in [2.75, 3.05) is 13.1 Å². The third-order valence-corrected chi connectivity index (χ3v) is 2.94. The lowest BCUT2D eigenvalue weighted by molar-refractivity contribution is 0.197. The summed E-state index contributed by atoms with van der Waals surface area (Å²) in [5.74, 6) is 0.548. The number of nitrogens with one attached hydrogen (secondary N) is 2. The van der Waals surface area contributed by atoms with Crippen molar-refractivity contribution in [1.29, 1.82) is 0 Å². The highest BCUT2D eigenvalue weighted by Crippen LogP contribution is 2.16. The molecule has 0 spiro atoms. The van der Waals surface area contributed by atoms with E-state index >= 15 is 0 Å². The number of hydrogen-bond donors (Lipinski definition) is 2. The van der Waals surface area contributed by atoms with Gasteiger partial charge in [-0.2, -0.15) is 0 Å². The molecule has 0 radical (unpaired) electrons. The highest BCUT2D eigenvalue weighted by molar-refractivity contribution is 9.10. The van der Waals surface area contributed by atoms with Gasteiger partial charge < -0.3 is 15.4 Å². The van der Waals surface area contributed by atoms with Crippen LogP contribution in [0.25, 0.3) is 0 Å². The fraction of sp³-hybridized carbons (Fsp3) is 0.364. The first-order chi connectivity index (χ1) is 7.74. The number of ether oxygens (including phenoxy) is 1. The van der Waals surface area contributed by atoms with Crippen LogP contribution in [0, 0.1) is 0 Å². The molecule has 2 rings (SSSR count). The molecular formula is C11H13BrN2O2. The standard InChI is InChI=1S/C11H13BrN2O2/c12-8-1-3-10(4-2-8)16-11(15)14-9-5-6-13-7-9/h1-4,9,13H,5-7H2,(H,14,15). The molecule has 86 valence electrons. The average Bonchev–Trinajstić information content (AvgIpc) is 2.74. The van der Waals surface area contributed by atoms with E-state index in [1.54, 1.807) is 12.1 Å². The Morgan fingerprint density at radius 3 is 2.81 bits per heavy atom. The number of hydrogen-bond acceptors (Lipinski definition) is 3. The van der Waals surface area contributed by atoms with Crippen molar-refractivity contribution in [3.63, 3.8) is 0 Å². The van der Waals surface area contributed by atoms with E-state index in [4.69, 9.17) is 4.74 Å². The second-order valence-corrected chi connectivity index (χ2v) is 4.59. The minimum absolute atomic E-state index is 0.183. The van der Waals surface area contributed by atoms with Crippen LogP contribution >= 0.6 is 15.9 Å². The molecule has 0 aliphatic carbocycles. The van der Waals surface area contributed by atoms with Crippen molar-refractivity contribution in [2.45, 2.75) is 12.5 Å². The zero-order valence-electron chi connectivity index (χ0n) is 8.70. The number of carbonyl (C=O) groups excluding carboxylic acids is 1. The maximum atomic E-state index is 11.5. The molecule has 16 heavy (non-hydrogen) atoms. The van der Waals surface area contributed by atoms with Gasteiger partial charge in [0.1, 0.15) is 5.75 Å². The van der Waals surface area contributed by atoms with Crippen molar-refractivity contribution in [3.05, 3.63) is 28.7 Å². The Hall–Kier alpha value is -1.07. The predicted octanol–water partition coefficient (Wildman–Crippen LogP) is 1.90. The maximum Gasteiger partial charge on any atom is 0.412 e. The highest BCUT2D eigenvalue weighted by Gasteiger charge is 2.17. The van der Waals surface area contributed by atoms with E-state index in [1.165, 1.54) is 0 Å². The van der Waals surface area contributed by atoms with E-state index in [1.807, 2.05) is 12.1 Å². The van der Waals surface area contributed by atoms with Crippen LogP contribution in [-0.2, 0) is 0 Å². The maximum absolute atomic E-state index is 11.5. The molecule has 1 aliphatic heterocycles. The van der Waals surface area contributed by atoms with E-state index < -0.39 is 6.09 Å². The second kappa shape index (κ2) is 5.32. The van der Waals surface area contributed by atoms with Crippen molar-refractivity contribution in [3.8, 4) is 5.75 Å². The first-order valence-corrected chi connectivity index (χ1v) is 5.98. The molecule has 1 aliphatic rings. The lowest BCUT2D eigenvalue weighted by Gasteiger charge is -2.11. The molecular weight excluding hydrogens is 272 g/mol. The Bertz CT molecular complexity index is 361. The molecule has 0 saturated carbocycles. The van der Waals surface area contributed by atoms with Gasteiger partial charge in [-0.1, -0.05) is 15.9 Å². The van der Waals surface area contributed by atoms with Crippen LogP contribution in [0.4, 0.5) is 4.79 Å². The van der Waals surface area contributed by atoms with Crippen LogP contribution in [0.15, 0.2) is 28.7 Å². The number of rotatable bonds is 2. The predicted molar refractivity (Wildman–Crippen MR) is 64.6 cm³/mol. The van der Waals surface area contributed by atoms with Crippen molar-refractivity contribution in [2.24, 2.45) is 0 Å². The highest BCUT2D eigenvalue weighted by atomic mass is 79.9. The summed E-state index contributed by atoms with van der Waals surface area (Å²) in [5, 5.41) is 5.98. The second-order valence-electron chi connectivity index (χ2n) is 3.68. The van der Waals surface area contributed by atoms with Gasteiger partial charge in [0, 0.05) is 17.1 Å². The Morgan fingerprint density at radius 2 is 2.19 bits per heavy atom. The molecule has 1 heterocycles. The number of benzene rings is 1. The molecule has 1 unspecified atom stereocenters. The molecule has 1 atom stereocenters. The summed E-state index contributed by atoms with van der Waals surface area (Å²) in [5.41, 5.74) is 0. The molecule has 1 aromatic rings. The van der Waals surface area contributed by atoms with Crippen LogP contribution in [0.5, 0.6) is 5.75 Å². The Kier molecular flexibility index (Phi) is 3.79. The molecule has 1 saturated heterocycles. The molecule has 1 amide bonds. The van der Waals surface area contributed by atoms with Gasteiger partial charge in [-0.25, -0.2) is 4.79 Å². The van der Waals surface area contributed by atoms with E-state index in [0.29, 0.717) is 5.75 Å². The fourth-order valence-electron chi connectivity index (χ4n) is 1.58. The third-order valence-electron chi connectivity index (χ3n) is 2.41. The Morgan fingerprint density at radius 1 is 1.44 bits per heavy atom. The summed E-state index contributed by atoms with van der Waals surface area (Å²) in [6.45, 7) is 1.76. The van der Waals surface area contributed by atoms with Gasteiger partial charge in [0.2, 0.25) is 0 Å². The van der Waals surface area contributed by atoms with Gasteiger partial charge in [-0.3, -0.25) is 0 Å². The van der Waals surface area contributed by atoms with Gasteiger partial charge in [0.15, 0.2) is 0 Å². The quantitative estimate of drug-likeness (QED) is 0.872. The summed E-state index contributed by atoms with van der Waals surface area (Å²) in [4.78, 5) is 11.5. The van der Waals surface area contributed by atoms with Gasteiger partial charge >= 0.3 is 6.09 Å². The van der Waals surface area contributed by atoms with Crippen LogP contribution in [0.1, 0.15) is 6.42 Å². The zero-order valence-corrected chi connectivity index (χ0v) is 10.3. The van der Waals surface area contributed by atoms with Crippen LogP contribution in [0.3, 0.4) is 0 Å². The SMILES string of the molecule is O=C(NC1CCNC1)Oc1ccc(Br)cc1. The first kappa shape index (κ1) is 11.4. The normalized spacial score (nSPS) is 19.4. The van der Waals surface area contributed by atoms with Crippen LogP contribution < -0.4 is 15.4 Å². The minimum Gasteiger partial charge on any atom is -0.410 e. The minimum atomic E-state index is -0.393. The van der Waals surface area contributed by atoms with E-state index in [2.05, 4.69) is 26.6 Å². The van der Waals surface area contributed by atoms with Crippen LogP contribution in [-0.4, -0.2) is 25.2 Å². The summed E-state index contributed by atoms with van der Waals surface area (Å²) in [6, 6.07) is 7.34. The summed E-state index contributed by atoms with van der Waals surface area (Å²) >= 11 is 3.32. The van der Waals surface area contributed by atoms with Gasteiger partial charge in [-0.05, 0) is 37.2 Å². The van der Waals surface area contributed by atoms with E-state index in [9.17, 15) is 4.79 Å². The lowest BCUT2D eigenvalue weighted by atomic mass is 10.3. The van der Waals surface area contributed by atoms with E-state index in [0.717, 1.165) is 24.0 Å². The van der Waals surface area contributed by atoms with Crippen LogP contribution in [0.2, 0.25) is 0 Å².